The zero-order chi connectivity index (χ0) is 14.3. The van der Waals surface area contributed by atoms with Gasteiger partial charge < -0.3 is 0 Å². The van der Waals surface area contributed by atoms with E-state index in [2.05, 4.69) is 41.5 Å². The molecule has 0 bridgehead atoms. The van der Waals surface area contributed by atoms with Crippen molar-refractivity contribution in [3.05, 3.63) is 0 Å². The summed E-state index contributed by atoms with van der Waals surface area (Å²) in [6, 6.07) is 0. The molecule has 0 amide bonds. The van der Waals surface area contributed by atoms with Crippen LogP contribution in [0.25, 0.3) is 0 Å². The lowest BCUT2D eigenvalue weighted by atomic mass is 9.60. The first kappa shape index (κ1) is 15.4. The van der Waals surface area contributed by atoms with Crippen molar-refractivity contribution in [1.29, 1.82) is 0 Å². The monoisotopic (exact) mass is 264 g/mol. The first-order valence-corrected chi connectivity index (χ1v) is 8.66. The van der Waals surface area contributed by atoms with Gasteiger partial charge in [0.25, 0.3) is 0 Å². The molecule has 2 saturated carbocycles. The molecule has 19 heavy (non-hydrogen) atoms. The minimum absolute atomic E-state index is 0.560. The quantitative estimate of drug-likeness (QED) is 0.559. The van der Waals surface area contributed by atoms with Crippen LogP contribution in [0, 0.1) is 34.5 Å². The minimum atomic E-state index is 0.560. The van der Waals surface area contributed by atoms with E-state index in [1.54, 1.807) is 0 Å². The Kier molecular flexibility index (Phi) is 4.38. The van der Waals surface area contributed by atoms with Crippen molar-refractivity contribution in [3.8, 4) is 0 Å². The molecule has 0 heterocycles. The number of hydrogen-bond donors (Lipinski definition) is 0. The standard InChI is InChI=1S/C19H36/c1-18(2,3)16-10-14(11-16)8-7-9-15-12-17(13-15)19(4,5)6/h14-17H,7-13H2,1-6H3. The molecule has 0 N–H and O–H groups in total. The topological polar surface area (TPSA) is 0 Å². The van der Waals surface area contributed by atoms with Crippen LogP contribution in [0.2, 0.25) is 0 Å². The van der Waals surface area contributed by atoms with Crippen LogP contribution in [0.1, 0.15) is 86.5 Å². The molecule has 0 saturated heterocycles. The summed E-state index contributed by atoms with van der Waals surface area (Å²) < 4.78 is 0. The van der Waals surface area contributed by atoms with E-state index in [1.165, 1.54) is 44.9 Å². The lowest BCUT2D eigenvalue weighted by molar-refractivity contribution is 0.0540. The Bertz CT molecular complexity index is 246. The average molecular weight is 264 g/mol. The maximum absolute atomic E-state index is 2.41. The van der Waals surface area contributed by atoms with Crippen LogP contribution in [0.3, 0.4) is 0 Å². The van der Waals surface area contributed by atoms with Crippen LogP contribution >= 0.6 is 0 Å². The van der Waals surface area contributed by atoms with E-state index < -0.39 is 0 Å². The maximum Gasteiger partial charge on any atom is -0.0354 e. The van der Waals surface area contributed by atoms with Gasteiger partial charge in [0, 0.05) is 0 Å². The van der Waals surface area contributed by atoms with Crippen molar-refractivity contribution in [1.82, 2.24) is 0 Å². The third kappa shape index (κ3) is 3.99. The van der Waals surface area contributed by atoms with Crippen molar-refractivity contribution in [3.63, 3.8) is 0 Å². The molecule has 0 aliphatic heterocycles. The first-order chi connectivity index (χ1) is 8.66. The van der Waals surface area contributed by atoms with E-state index in [0.29, 0.717) is 10.8 Å². The molecule has 0 aromatic carbocycles. The molecule has 0 radical (unpaired) electrons. The number of hydrogen-bond acceptors (Lipinski definition) is 0. The lowest BCUT2D eigenvalue weighted by Gasteiger charge is -2.45. The predicted octanol–water partition coefficient (Wildman–Crippen LogP) is 6.30. The Morgan fingerprint density at radius 2 is 0.947 bits per heavy atom. The van der Waals surface area contributed by atoms with Gasteiger partial charge >= 0.3 is 0 Å². The average Bonchev–Trinajstić information content (AvgIpc) is 2.06. The molecule has 0 aromatic rings. The van der Waals surface area contributed by atoms with Crippen molar-refractivity contribution in [2.75, 3.05) is 0 Å². The SMILES string of the molecule is CC(C)(C)C1CC(CCCC2CC(C(C)(C)C)C2)C1. The highest BCUT2D eigenvalue weighted by molar-refractivity contribution is 4.89. The summed E-state index contributed by atoms with van der Waals surface area (Å²) in [4.78, 5) is 0. The van der Waals surface area contributed by atoms with E-state index >= 15 is 0 Å². The molecule has 0 spiro atoms. The van der Waals surface area contributed by atoms with Gasteiger partial charge in [-0.2, -0.15) is 0 Å². The molecule has 0 heteroatoms. The molecular weight excluding hydrogens is 228 g/mol. The summed E-state index contributed by atoms with van der Waals surface area (Å²) in [7, 11) is 0. The van der Waals surface area contributed by atoms with Crippen LogP contribution in [0.4, 0.5) is 0 Å². The second-order valence-electron chi connectivity index (χ2n) is 9.73. The van der Waals surface area contributed by atoms with Gasteiger partial charge in [-0.25, -0.2) is 0 Å². The Hall–Kier alpha value is 0. The summed E-state index contributed by atoms with van der Waals surface area (Å²) in [6.45, 7) is 14.5. The first-order valence-electron chi connectivity index (χ1n) is 8.66. The van der Waals surface area contributed by atoms with E-state index in [0.717, 1.165) is 23.7 Å². The summed E-state index contributed by atoms with van der Waals surface area (Å²) in [6.07, 6.45) is 10.6. The van der Waals surface area contributed by atoms with Crippen molar-refractivity contribution in [2.24, 2.45) is 34.5 Å². The number of rotatable bonds is 4. The molecule has 2 fully saturated rings. The van der Waals surface area contributed by atoms with Gasteiger partial charge in [-0.05, 0) is 60.2 Å². The molecule has 2 aliphatic rings. The van der Waals surface area contributed by atoms with Crippen molar-refractivity contribution < 1.29 is 0 Å². The van der Waals surface area contributed by atoms with E-state index in [1.807, 2.05) is 0 Å². The zero-order valence-electron chi connectivity index (χ0n) is 14.3. The third-order valence-corrected chi connectivity index (χ3v) is 6.15. The fraction of sp³-hybridized carbons (Fsp3) is 1.00. The van der Waals surface area contributed by atoms with Crippen molar-refractivity contribution >= 4 is 0 Å². The van der Waals surface area contributed by atoms with E-state index in [9.17, 15) is 0 Å². The maximum atomic E-state index is 2.41. The Morgan fingerprint density at radius 1 is 0.632 bits per heavy atom. The Balaban J connectivity index is 1.51. The normalized spacial score (nSPS) is 35.7. The minimum Gasteiger partial charge on any atom is -0.0599 e. The molecule has 0 nitrogen and oxygen atoms in total. The van der Waals surface area contributed by atoms with Crippen LogP contribution in [-0.4, -0.2) is 0 Å². The predicted molar refractivity (Wildman–Crippen MR) is 85.2 cm³/mol. The summed E-state index contributed by atoms with van der Waals surface area (Å²) in [5, 5.41) is 0. The van der Waals surface area contributed by atoms with Crippen molar-refractivity contribution in [2.45, 2.75) is 86.5 Å². The van der Waals surface area contributed by atoms with Crippen LogP contribution in [0.15, 0.2) is 0 Å². The molecule has 0 unspecified atom stereocenters. The fourth-order valence-electron chi connectivity index (χ4n) is 4.05. The second kappa shape index (κ2) is 5.41. The molecular formula is C19H36. The fourth-order valence-corrected chi connectivity index (χ4v) is 4.05. The van der Waals surface area contributed by atoms with E-state index in [-0.39, 0.29) is 0 Å². The van der Waals surface area contributed by atoms with Gasteiger partial charge in [0.15, 0.2) is 0 Å². The molecule has 0 atom stereocenters. The summed E-state index contributed by atoms with van der Waals surface area (Å²) >= 11 is 0. The molecule has 112 valence electrons. The largest absolute Gasteiger partial charge is 0.0599 e. The zero-order valence-corrected chi connectivity index (χ0v) is 14.3. The van der Waals surface area contributed by atoms with Crippen LogP contribution in [-0.2, 0) is 0 Å². The van der Waals surface area contributed by atoms with Gasteiger partial charge in [-0.15, -0.1) is 0 Å². The van der Waals surface area contributed by atoms with Gasteiger partial charge in [-0.1, -0.05) is 60.8 Å². The van der Waals surface area contributed by atoms with Crippen LogP contribution < -0.4 is 0 Å². The van der Waals surface area contributed by atoms with Gasteiger partial charge in [-0.3, -0.25) is 0 Å². The molecule has 2 aliphatic carbocycles. The Morgan fingerprint density at radius 3 is 1.21 bits per heavy atom. The highest BCUT2D eigenvalue weighted by atomic mass is 14.4. The summed E-state index contributed by atoms with van der Waals surface area (Å²) in [5.74, 6) is 4.16. The highest BCUT2D eigenvalue weighted by Gasteiger charge is 2.38. The van der Waals surface area contributed by atoms with Gasteiger partial charge in [0.1, 0.15) is 0 Å². The highest BCUT2D eigenvalue weighted by Crippen LogP contribution is 2.49. The van der Waals surface area contributed by atoms with Gasteiger partial charge in [0.05, 0.1) is 0 Å². The second-order valence-corrected chi connectivity index (χ2v) is 9.73. The molecule has 2 rings (SSSR count). The third-order valence-electron chi connectivity index (χ3n) is 6.15. The lowest BCUT2D eigenvalue weighted by Crippen LogP contribution is -2.35. The molecule has 0 aromatic heterocycles. The summed E-state index contributed by atoms with van der Waals surface area (Å²) in [5.41, 5.74) is 1.12. The van der Waals surface area contributed by atoms with Gasteiger partial charge in [0.2, 0.25) is 0 Å². The van der Waals surface area contributed by atoms with Crippen LogP contribution in [0.5, 0.6) is 0 Å². The smallest absolute Gasteiger partial charge is 0.0354 e. The Labute approximate surface area is 121 Å². The van der Waals surface area contributed by atoms with E-state index in [4.69, 9.17) is 0 Å².